The van der Waals surface area contributed by atoms with Crippen molar-refractivity contribution in [2.45, 2.75) is 19.3 Å². The van der Waals surface area contributed by atoms with Crippen molar-refractivity contribution in [2.75, 3.05) is 38.4 Å². The van der Waals surface area contributed by atoms with Gasteiger partial charge >= 0.3 is 0 Å². The normalized spacial score (nSPS) is 15.5. The Morgan fingerprint density at radius 1 is 1.45 bits per heavy atom. The van der Waals surface area contributed by atoms with Crippen molar-refractivity contribution in [1.82, 2.24) is 14.9 Å². The monoisotopic (exact) mass is 438 g/mol. The van der Waals surface area contributed by atoms with Gasteiger partial charge in [-0.05, 0) is 43.0 Å². The first-order chi connectivity index (χ1) is 15.0. The molecule has 31 heavy (non-hydrogen) atoms. The molecule has 0 saturated heterocycles. The summed E-state index contributed by atoms with van der Waals surface area (Å²) in [5, 5.41) is 11.9. The van der Waals surface area contributed by atoms with E-state index < -0.39 is 0 Å². The Morgan fingerprint density at radius 2 is 2.29 bits per heavy atom. The van der Waals surface area contributed by atoms with Gasteiger partial charge in [-0.15, -0.1) is 11.3 Å². The fraction of sp³-hybridized carbons (Fsp3) is 0.364. The van der Waals surface area contributed by atoms with Gasteiger partial charge in [-0.2, -0.15) is 0 Å². The summed E-state index contributed by atoms with van der Waals surface area (Å²) in [5.41, 5.74) is 9.17. The molecule has 1 aliphatic rings. The summed E-state index contributed by atoms with van der Waals surface area (Å²) in [6, 6.07) is 5.49. The third-order valence-corrected chi connectivity index (χ3v) is 6.87. The highest BCUT2D eigenvalue weighted by atomic mass is 32.1. The summed E-state index contributed by atoms with van der Waals surface area (Å²) < 4.78 is 5.10. The van der Waals surface area contributed by atoms with Crippen LogP contribution in [0.2, 0.25) is 0 Å². The van der Waals surface area contributed by atoms with Crippen LogP contribution in [0, 0.1) is 11.3 Å². The van der Waals surface area contributed by atoms with Gasteiger partial charge in [-0.1, -0.05) is 0 Å². The van der Waals surface area contributed by atoms with Crippen LogP contribution in [0.3, 0.4) is 0 Å². The van der Waals surface area contributed by atoms with Crippen molar-refractivity contribution in [3.63, 3.8) is 0 Å². The summed E-state index contributed by atoms with van der Waals surface area (Å²) in [5.74, 6) is 0.898. The van der Waals surface area contributed by atoms with Crippen LogP contribution in [0.5, 0.6) is 0 Å². The number of aryl methyl sites for hydroxylation is 1. The van der Waals surface area contributed by atoms with E-state index in [0.29, 0.717) is 24.4 Å². The van der Waals surface area contributed by atoms with Gasteiger partial charge in [0.05, 0.1) is 12.0 Å². The van der Waals surface area contributed by atoms with Crippen molar-refractivity contribution in [3.8, 4) is 0 Å². The maximum absolute atomic E-state index is 12.8. The Kier molecular flexibility index (Phi) is 6.15. The lowest BCUT2D eigenvalue weighted by atomic mass is 9.87. The Labute approximate surface area is 185 Å². The molecule has 3 aromatic rings. The second-order valence-electron chi connectivity index (χ2n) is 7.71. The average molecular weight is 439 g/mol. The lowest BCUT2D eigenvalue weighted by Crippen LogP contribution is -2.37. The van der Waals surface area contributed by atoms with Crippen LogP contribution in [0.15, 0.2) is 24.5 Å². The topological polar surface area (TPSA) is 117 Å². The quantitative estimate of drug-likeness (QED) is 0.385. The molecule has 8 nitrogen and oxygen atoms in total. The number of nitrogens with two attached hydrogens (primary N) is 1. The van der Waals surface area contributed by atoms with E-state index in [1.807, 2.05) is 19.2 Å². The van der Waals surface area contributed by atoms with Gasteiger partial charge in [0.15, 0.2) is 0 Å². The highest BCUT2D eigenvalue weighted by Crippen LogP contribution is 2.40. The Bertz CT molecular complexity index is 1130. The minimum Gasteiger partial charge on any atom is -0.398 e. The molecule has 0 unspecified atom stereocenters. The van der Waals surface area contributed by atoms with Gasteiger partial charge in [0.25, 0.3) is 0 Å². The lowest BCUT2D eigenvalue weighted by molar-refractivity contribution is -0.135. The molecule has 1 atom stereocenters. The van der Waals surface area contributed by atoms with Crippen LogP contribution in [0.25, 0.3) is 10.2 Å². The molecule has 4 rings (SSSR count). The molecular formula is C22H26N6O2S. The van der Waals surface area contributed by atoms with Gasteiger partial charge in [0.2, 0.25) is 5.91 Å². The first kappa shape index (κ1) is 21.2. The number of nitrogens with zero attached hydrogens (tertiary/aromatic N) is 3. The standard InChI is InChI=1S/C22H26N6O2S/c1-28(7-8-30-2)22(29)13-3-5-16-18(10-13)31-21-19(16)20(25-12-26-21)27-15-4-6-17(24)14(9-15)11-23/h4,6,9,11-13,23H,3,5,7-8,10,24H2,1-2H3,(H,25,26,27)/t13-/m0/s1. The summed E-state index contributed by atoms with van der Waals surface area (Å²) >= 11 is 1.64. The number of fused-ring (bicyclic) bond motifs is 3. The number of carbonyl (C=O) groups excluding carboxylic acids is 1. The number of aromatic nitrogens is 2. The molecule has 2 aromatic heterocycles. The zero-order valence-electron chi connectivity index (χ0n) is 17.6. The van der Waals surface area contributed by atoms with Crippen molar-refractivity contribution in [1.29, 1.82) is 5.41 Å². The number of carbonyl (C=O) groups is 1. The first-order valence-corrected chi connectivity index (χ1v) is 11.0. The number of methoxy groups -OCH3 is 1. The number of likely N-dealkylation sites (N-methyl/N-ethyl adjacent to an activating group) is 1. The van der Waals surface area contributed by atoms with Gasteiger partial charge in [-0.3, -0.25) is 4.79 Å². The average Bonchev–Trinajstić information content (AvgIpc) is 3.16. The van der Waals surface area contributed by atoms with E-state index in [2.05, 4.69) is 15.3 Å². The number of hydrogen-bond donors (Lipinski definition) is 3. The molecular weight excluding hydrogens is 412 g/mol. The minimum absolute atomic E-state index is 0.0148. The number of thiophene rings is 1. The molecule has 162 valence electrons. The number of anilines is 3. The van der Waals surface area contributed by atoms with Crippen LogP contribution in [0.4, 0.5) is 17.2 Å². The summed E-state index contributed by atoms with van der Waals surface area (Å²) in [7, 11) is 3.48. The maximum atomic E-state index is 12.8. The van der Waals surface area contributed by atoms with Crippen LogP contribution >= 0.6 is 11.3 Å². The Hall–Kier alpha value is -3.04. The number of nitrogen functional groups attached to an aromatic ring is 1. The van der Waals surface area contributed by atoms with E-state index in [-0.39, 0.29) is 11.8 Å². The summed E-state index contributed by atoms with van der Waals surface area (Å²) in [6.45, 7) is 1.14. The highest BCUT2D eigenvalue weighted by Gasteiger charge is 2.30. The predicted octanol–water partition coefficient (Wildman–Crippen LogP) is 3.22. The van der Waals surface area contributed by atoms with Crippen LogP contribution in [-0.2, 0) is 22.4 Å². The van der Waals surface area contributed by atoms with Crippen molar-refractivity contribution in [2.24, 2.45) is 5.92 Å². The second kappa shape index (κ2) is 8.99. The molecule has 1 aromatic carbocycles. The molecule has 0 saturated carbocycles. The first-order valence-electron chi connectivity index (χ1n) is 10.2. The lowest BCUT2D eigenvalue weighted by Gasteiger charge is -2.26. The van der Waals surface area contributed by atoms with E-state index >= 15 is 0 Å². The predicted molar refractivity (Wildman–Crippen MR) is 124 cm³/mol. The van der Waals surface area contributed by atoms with E-state index in [1.54, 1.807) is 35.7 Å². The molecule has 9 heteroatoms. The fourth-order valence-electron chi connectivity index (χ4n) is 3.98. The van der Waals surface area contributed by atoms with Crippen LogP contribution in [0.1, 0.15) is 22.4 Å². The van der Waals surface area contributed by atoms with Crippen molar-refractivity contribution < 1.29 is 9.53 Å². The van der Waals surface area contributed by atoms with Crippen molar-refractivity contribution in [3.05, 3.63) is 40.5 Å². The van der Waals surface area contributed by atoms with Gasteiger partial charge in [0.1, 0.15) is 17.0 Å². The van der Waals surface area contributed by atoms with Gasteiger partial charge < -0.3 is 26.1 Å². The molecule has 1 aliphatic carbocycles. The van der Waals surface area contributed by atoms with Crippen LogP contribution in [-0.4, -0.2) is 54.3 Å². The Balaban J connectivity index is 1.61. The molecule has 4 N–H and O–H groups in total. The highest BCUT2D eigenvalue weighted by molar-refractivity contribution is 7.19. The molecule has 2 heterocycles. The number of rotatable bonds is 7. The molecule has 0 fully saturated rings. The third kappa shape index (κ3) is 4.24. The van der Waals surface area contributed by atoms with E-state index in [0.717, 1.165) is 41.0 Å². The van der Waals surface area contributed by atoms with E-state index in [1.165, 1.54) is 16.7 Å². The molecule has 1 amide bonds. The Morgan fingerprint density at radius 3 is 3.06 bits per heavy atom. The second-order valence-corrected chi connectivity index (χ2v) is 8.80. The van der Waals surface area contributed by atoms with Crippen molar-refractivity contribution >= 4 is 50.9 Å². The number of nitrogens with one attached hydrogen (secondary N) is 2. The number of hydrogen-bond acceptors (Lipinski definition) is 8. The maximum Gasteiger partial charge on any atom is 0.225 e. The molecule has 0 spiro atoms. The molecule has 0 bridgehead atoms. The zero-order valence-corrected chi connectivity index (χ0v) is 18.5. The van der Waals surface area contributed by atoms with Gasteiger partial charge in [-0.25, -0.2) is 9.97 Å². The third-order valence-electron chi connectivity index (χ3n) is 5.71. The summed E-state index contributed by atoms with van der Waals surface area (Å²) in [4.78, 5) is 25.7. The minimum atomic E-state index is -0.0148. The number of amides is 1. The van der Waals surface area contributed by atoms with E-state index in [9.17, 15) is 4.79 Å². The van der Waals surface area contributed by atoms with Gasteiger partial charge in [0, 0.05) is 54.7 Å². The smallest absolute Gasteiger partial charge is 0.225 e. The molecule has 0 aliphatic heterocycles. The zero-order chi connectivity index (χ0) is 22.0. The SMILES string of the molecule is COCCN(C)C(=O)[C@H]1CCc2c(sc3ncnc(Nc4ccc(N)c(C=N)c4)c23)C1. The number of benzene rings is 1. The fourth-order valence-corrected chi connectivity index (χ4v) is 5.25. The molecule has 0 radical (unpaired) electrons. The largest absolute Gasteiger partial charge is 0.398 e. The van der Waals surface area contributed by atoms with E-state index in [4.69, 9.17) is 15.9 Å². The summed E-state index contributed by atoms with van der Waals surface area (Å²) in [6.07, 6.45) is 5.15. The van der Waals surface area contributed by atoms with Crippen LogP contribution < -0.4 is 11.1 Å². The number of ether oxygens (including phenoxy) is 1.